The molecule has 5 heteroatoms. The van der Waals surface area contributed by atoms with Gasteiger partial charge in [-0.25, -0.2) is 0 Å². The molecule has 2 aromatic carbocycles. The van der Waals surface area contributed by atoms with Crippen LogP contribution in [-0.2, 0) is 17.8 Å². The maximum atomic E-state index is 12.2. The number of pyridine rings is 1. The average molecular weight is 359 g/mol. The van der Waals surface area contributed by atoms with Crippen molar-refractivity contribution in [2.45, 2.75) is 19.9 Å². The van der Waals surface area contributed by atoms with E-state index in [0.29, 0.717) is 18.5 Å². The van der Waals surface area contributed by atoms with Crippen LogP contribution in [0.25, 0.3) is 0 Å². The molecule has 27 heavy (non-hydrogen) atoms. The third kappa shape index (κ3) is 5.25. The van der Waals surface area contributed by atoms with E-state index in [9.17, 15) is 9.59 Å². The van der Waals surface area contributed by atoms with E-state index in [-0.39, 0.29) is 11.8 Å². The standard InChI is InChI=1S/C22H21N3O2/c1-16-5-2-3-6-18(16)13-21(26)25-20-10-8-17(9-11-20)14-24-22(27)19-7-4-12-23-15-19/h2-12,15H,13-14H2,1H3,(H,24,27)(H,25,26). The second-order valence-electron chi connectivity index (χ2n) is 6.27. The molecule has 2 amide bonds. The summed E-state index contributed by atoms with van der Waals surface area (Å²) in [5, 5.41) is 5.75. The quantitative estimate of drug-likeness (QED) is 0.708. The number of hydrogen-bond donors (Lipinski definition) is 2. The fourth-order valence-corrected chi connectivity index (χ4v) is 2.67. The first-order valence-electron chi connectivity index (χ1n) is 8.73. The number of carbonyl (C=O) groups excluding carboxylic acids is 2. The van der Waals surface area contributed by atoms with Crippen LogP contribution in [0, 0.1) is 6.92 Å². The van der Waals surface area contributed by atoms with E-state index in [4.69, 9.17) is 0 Å². The minimum Gasteiger partial charge on any atom is -0.348 e. The zero-order valence-corrected chi connectivity index (χ0v) is 15.1. The molecule has 0 saturated heterocycles. The minimum atomic E-state index is -0.168. The summed E-state index contributed by atoms with van der Waals surface area (Å²) in [6.45, 7) is 2.41. The Morgan fingerprint density at radius 2 is 1.74 bits per heavy atom. The highest BCUT2D eigenvalue weighted by Gasteiger charge is 2.07. The lowest BCUT2D eigenvalue weighted by Gasteiger charge is -2.09. The summed E-state index contributed by atoms with van der Waals surface area (Å²) in [7, 11) is 0. The molecular weight excluding hydrogens is 338 g/mol. The Morgan fingerprint density at radius 3 is 2.44 bits per heavy atom. The number of aromatic nitrogens is 1. The van der Waals surface area contributed by atoms with Crippen molar-refractivity contribution >= 4 is 17.5 Å². The highest BCUT2D eigenvalue weighted by molar-refractivity contribution is 5.94. The van der Waals surface area contributed by atoms with E-state index in [2.05, 4.69) is 15.6 Å². The second-order valence-corrected chi connectivity index (χ2v) is 6.27. The Balaban J connectivity index is 1.52. The Morgan fingerprint density at radius 1 is 0.963 bits per heavy atom. The Hall–Kier alpha value is -3.47. The SMILES string of the molecule is Cc1ccccc1CC(=O)Nc1ccc(CNC(=O)c2cccnc2)cc1. The number of anilines is 1. The molecule has 3 rings (SSSR count). The summed E-state index contributed by atoms with van der Waals surface area (Å²) in [6.07, 6.45) is 3.50. The van der Waals surface area contributed by atoms with Crippen molar-refractivity contribution in [3.8, 4) is 0 Å². The number of rotatable bonds is 6. The van der Waals surface area contributed by atoms with E-state index in [1.807, 2.05) is 55.5 Å². The van der Waals surface area contributed by atoms with Crippen molar-refractivity contribution in [1.29, 1.82) is 0 Å². The van der Waals surface area contributed by atoms with Crippen molar-refractivity contribution in [3.63, 3.8) is 0 Å². The lowest BCUT2D eigenvalue weighted by molar-refractivity contribution is -0.115. The van der Waals surface area contributed by atoms with Gasteiger partial charge in [0.1, 0.15) is 0 Å². The van der Waals surface area contributed by atoms with Gasteiger partial charge in [-0.3, -0.25) is 14.6 Å². The third-order valence-corrected chi connectivity index (χ3v) is 4.23. The van der Waals surface area contributed by atoms with Gasteiger partial charge in [0.2, 0.25) is 5.91 Å². The maximum Gasteiger partial charge on any atom is 0.253 e. The normalized spacial score (nSPS) is 10.3. The lowest BCUT2D eigenvalue weighted by Crippen LogP contribution is -2.22. The number of aryl methyl sites for hydroxylation is 1. The maximum absolute atomic E-state index is 12.2. The molecule has 0 aliphatic carbocycles. The van der Waals surface area contributed by atoms with Gasteiger partial charge in [0.25, 0.3) is 5.91 Å². The van der Waals surface area contributed by atoms with Crippen LogP contribution in [0.5, 0.6) is 0 Å². The fourth-order valence-electron chi connectivity index (χ4n) is 2.67. The van der Waals surface area contributed by atoms with E-state index in [1.165, 1.54) is 6.20 Å². The van der Waals surface area contributed by atoms with Crippen LogP contribution >= 0.6 is 0 Å². The predicted molar refractivity (Wildman–Crippen MR) is 105 cm³/mol. The number of amides is 2. The number of nitrogens with one attached hydrogen (secondary N) is 2. The molecular formula is C22H21N3O2. The molecule has 0 unspecified atom stereocenters. The monoisotopic (exact) mass is 359 g/mol. The fraction of sp³-hybridized carbons (Fsp3) is 0.136. The van der Waals surface area contributed by atoms with Crippen molar-refractivity contribution in [1.82, 2.24) is 10.3 Å². The zero-order valence-electron chi connectivity index (χ0n) is 15.1. The van der Waals surface area contributed by atoms with Gasteiger partial charge in [-0.15, -0.1) is 0 Å². The number of carbonyl (C=O) groups is 2. The van der Waals surface area contributed by atoms with Crippen LogP contribution in [-0.4, -0.2) is 16.8 Å². The minimum absolute atomic E-state index is 0.0538. The summed E-state index contributed by atoms with van der Waals surface area (Å²) < 4.78 is 0. The van der Waals surface area contributed by atoms with Crippen LogP contribution in [0.4, 0.5) is 5.69 Å². The largest absolute Gasteiger partial charge is 0.348 e. The summed E-state index contributed by atoms with van der Waals surface area (Å²) in [6, 6.07) is 18.7. The first-order valence-corrected chi connectivity index (χ1v) is 8.73. The van der Waals surface area contributed by atoms with E-state index in [0.717, 1.165) is 22.4 Å². The molecule has 136 valence electrons. The van der Waals surface area contributed by atoms with Gasteiger partial charge in [-0.2, -0.15) is 0 Å². The highest BCUT2D eigenvalue weighted by Crippen LogP contribution is 2.12. The molecule has 0 aliphatic heterocycles. The molecule has 0 aliphatic rings. The van der Waals surface area contributed by atoms with E-state index >= 15 is 0 Å². The molecule has 1 aromatic heterocycles. The Kier molecular flexibility index (Phi) is 5.94. The van der Waals surface area contributed by atoms with Crippen LogP contribution in [0.1, 0.15) is 27.0 Å². The van der Waals surface area contributed by atoms with Crippen molar-refractivity contribution < 1.29 is 9.59 Å². The van der Waals surface area contributed by atoms with Crippen LogP contribution in [0.15, 0.2) is 73.1 Å². The average Bonchev–Trinajstić information content (AvgIpc) is 2.69. The van der Waals surface area contributed by atoms with Gasteiger partial charge in [-0.1, -0.05) is 36.4 Å². The van der Waals surface area contributed by atoms with Crippen molar-refractivity contribution in [2.75, 3.05) is 5.32 Å². The van der Waals surface area contributed by atoms with E-state index < -0.39 is 0 Å². The topological polar surface area (TPSA) is 71.1 Å². The number of hydrogen-bond acceptors (Lipinski definition) is 3. The summed E-state index contributed by atoms with van der Waals surface area (Å²) >= 11 is 0. The summed E-state index contributed by atoms with van der Waals surface area (Å²) in [4.78, 5) is 28.2. The first-order chi connectivity index (χ1) is 13.1. The smallest absolute Gasteiger partial charge is 0.253 e. The highest BCUT2D eigenvalue weighted by atomic mass is 16.2. The molecule has 0 fully saturated rings. The predicted octanol–water partition coefficient (Wildman–Crippen LogP) is 3.50. The molecule has 0 atom stereocenters. The van der Waals surface area contributed by atoms with Crippen molar-refractivity contribution in [3.05, 3.63) is 95.3 Å². The Bertz CT molecular complexity index is 922. The van der Waals surface area contributed by atoms with Crippen LogP contribution in [0.2, 0.25) is 0 Å². The van der Waals surface area contributed by atoms with Gasteiger partial charge in [-0.05, 0) is 47.9 Å². The molecule has 0 bridgehead atoms. The van der Waals surface area contributed by atoms with Crippen LogP contribution < -0.4 is 10.6 Å². The number of benzene rings is 2. The van der Waals surface area contributed by atoms with Gasteiger partial charge in [0.15, 0.2) is 0 Å². The van der Waals surface area contributed by atoms with Gasteiger partial charge in [0.05, 0.1) is 12.0 Å². The molecule has 0 spiro atoms. The molecule has 2 N–H and O–H groups in total. The van der Waals surface area contributed by atoms with Crippen LogP contribution in [0.3, 0.4) is 0 Å². The second kappa shape index (κ2) is 8.76. The molecule has 0 radical (unpaired) electrons. The Labute approximate surface area is 158 Å². The summed E-state index contributed by atoms with van der Waals surface area (Å²) in [5.41, 5.74) is 4.33. The van der Waals surface area contributed by atoms with Gasteiger partial charge in [0, 0.05) is 24.6 Å². The lowest BCUT2D eigenvalue weighted by atomic mass is 10.1. The number of nitrogens with zero attached hydrogens (tertiary/aromatic N) is 1. The van der Waals surface area contributed by atoms with E-state index in [1.54, 1.807) is 18.3 Å². The van der Waals surface area contributed by atoms with Crippen molar-refractivity contribution in [2.24, 2.45) is 0 Å². The van der Waals surface area contributed by atoms with Gasteiger partial charge < -0.3 is 10.6 Å². The molecule has 1 heterocycles. The summed E-state index contributed by atoms with van der Waals surface area (Å²) in [5.74, 6) is -0.222. The molecule has 5 nitrogen and oxygen atoms in total. The third-order valence-electron chi connectivity index (χ3n) is 4.23. The first kappa shape index (κ1) is 18.3. The molecule has 0 saturated carbocycles. The molecule has 3 aromatic rings. The zero-order chi connectivity index (χ0) is 19.1. The van der Waals surface area contributed by atoms with Gasteiger partial charge >= 0.3 is 0 Å².